The standard InChI is InChI=1S/C20H20N2O3/c1-22(13-3-12-21)17-8-4-15(5-9-17)14-19(20(23)24)16-6-10-18(25-2)11-7-16/h4-11,14H,3,13H2,1-2H3,(H,23,24). The summed E-state index contributed by atoms with van der Waals surface area (Å²) in [5, 5.41) is 18.2. The molecule has 2 aromatic carbocycles. The van der Waals surface area contributed by atoms with Crippen LogP contribution in [-0.2, 0) is 4.79 Å². The van der Waals surface area contributed by atoms with E-state index < -0.39 is 5.97 Å². The Kier molecular flexibility index (Phi) is 6.19. The van der Waals surface area contributed by atoms with E-state index in [0.29, 0.717) is 24.3 Å². The van der Waals surface area contributed by atoms with E-state index in [-0.39, 0.29) is 5.57 Å². The summed E-state index contributed by atoms with van der Waals surface area (Å²) in [5.41, 5.74) is 2.61. The minimum atomic E-state index is -0.986. The van der Waals surface area contributed by atoms with E-state index in [1.54, 1.807) is 37.5 Å². The Balaban J connectivity index is 2.25. The summed E-state index contributed by atoms with van der Waals surface area (Å²) >= 11 is 0. The largest absolute Gasteiger partial charge is 0.497 e. The van der Waals surface area contributed by atoms with Gasteiger partial charge in [-0.1, -0.05) is 24.3 Å². The summed E-state index contributed by atoms with van der Waals surface area (Å²) in [6.07, 6.45) is 2.10. The summed E-state index contributed by atoms with van der Waals surface area (Å²) < 4.78 is 5.10. The lowest BCUT2D eigenvalue weighted by molar-refractivity contribution is -0.130. The highest BCUT2D eigenvalue weighted by atomic mass is 16.5. The minimum absolute atomic E-state index is 0.216. The van der Waals surface area contributed by atoms with Gasteiger partial charge >= 0.3 is 5.97 Å². The lowest BCUT2D eigenvalue weighted by atomic mass is 10.0. The molecule has 0 radical (unpaired) electrons. The maximum absolute atomic E-state index is 11.6. The van der Waals surface area contributed by atoms with E-state index in [0.717, 1.165) is 11.3 Å². The highest BCUT2D eigenvalue weighted by Gasteiger charge is 2.11. The molecule has 2 aromatic rings. The summed E-state index contributed by atoms with van der Waals surface area (Å²) in [7, 11) is 3.49. The average molecular weight is 336 g/mol. The van der Waals surface area contributed by atoms with Crippen molar-refractivity contribution in [2.24, 2.45) is 0 Å². The molecule has 2 rings (SSSR count). The molecular formula is C20H20N2O3. The van der Waals surface area contributed by atoms with Gasteiger partial charge in [0.2, 0.25) is 0 Å². The van der Waals surface area contributed by atoms with E-state index in [9.17, 15) is 9.90 Å². The number of anilines is 1. The second kappa shape index (κ2) is 8.55. The first-order chi connectivity index (χ1) is 12.0. The first kappa shape index (κ1) is 18.1. The molecule has 0 amide bonds. The van der Waals surface area contributed by atoms with Crippen molar-refractivity contribution in [1.82, 2.24) is 0 Å². The normalized spacial score (nSPS) is 10.8. The van der Waals surface area contributed by atoms with Crippen molar-refractivity contribution in [2.75, 3.05) is 25.6 Å². The van der Waals surface area contributed by atoms with Crippen molar-refractivity contribution >= 4 is 23.3 Å². The Morgan fingerprint density at radius 1 is 1.20 bits per heavy atom. The van der Waals surface area contributed by atoms with Crippen LogP contribution in [0.4, 0.5) is 5.69 Å². The summed E-state index contributed by atoms with van der Waals surface area (Å²) in [6.45, 7) is 0.651. The van der Waals surface area contributed by atoms with E-state index in [1.807, 2.05) is 36.2 Å². The zero-order chi connectivity index (χ0) is 18.2. The van der Waals surface area contributed by atoms with E-state index >= 15 is 0 Å². The molecule has 0 aliphatic rings. The maximum atomic E-state index is 11.6. The molecule has 0 atom stereocenters. The minimum Gasteiger partial charge on any atom is -0.497 e. The number of carboxylic acids is 1. The number of carboxylic acid groups (broad SMARTS) is 1. The van der Waals surface area contributed by atoms with Crippen LogP contribution in [-0.4, -0.2) is 31.8 Å². The van der Waals surface area contributed by atoms with Crippen LogP contribution >= 0.6 is 0 Å². The quantitative estimate of drug-likeness (QED) is 0.617. The maximum Gasteiger partial charge on any atom is 0.336 e. The monoisotopic (exact) mass is 336 g/mol. The van der Waals surface area contributed by atoms with Gasteiger partial charge in [0, 0.05) is 19.3 Å². The Hall–Kier alpha value is -3.26. The van der Waals surface area contributed by atoms with Crippen LogP contribution in [0, 0.1) is 11.3 Å². The molecule has 0 unspecified atom stereocenters. The first-order valence-electron chi connectivity index (χ1n) is 7.82. The number of carbonyl (C=O) groups is 1. The van der Waals surface area contributed by atoms with Gasteiger partial charge in [-0.05, 0) is 41.5 Å². The topological polar surface area (TPSA) is 73.6 Å². The van der Waals surface area contributed by atoms with Gasteiger partial charge in [-0.3, -0.25) is 0 Å². The molecule has 5 heteroatoms. The highest BCUT2D eigenvalue weighted by molar-refractivity contribution is 6.20. The first-order valence-corrected chi connectivity index (χ1v) is 7.82. The fraction of sp³-hybridized carbons (Fsp3) is 0.200. The van der Waals surface area contributed by atoms with Crippen molar-refractivity contribution in [3.63, 3.8) is 0 Å². The molecule has 0 heterocycles. The third-order valence-electron chi connectivity index (χ3n) is 3.84. The number of ether oxygens (including phenoxy) is 1. The molecule has 0 saturated carbocycles. The van der Waals surface area contributed by atoms with Gasteiger partial charge < -0.3 is 14.7 Å². The van der Waals surface area contributed by atoms with Crippen molar-refractivity contribution in [3.8, 4) is 11.8 Å². The molecule has 0 bridgehead atoms. The van der Waals surface area contributed by atoms with E-state index in [4.69, 9.17) is 10.00 Å². The molecular weight excluding hydrogens is 316 g/mol. The number of rotatable bonds is 7. The van der Waals surface area contributed by atoms with E-state index in [1.165, 1.54) is 0 Å². The van der Waals surface area contributed by atoms with Gasteiger partial charge in [0.1, 0.15) is 5.75 Å². The van der Waals surface area contributed by atoms with Gasteiger partial charge in [-0.25, -0.2) is 4.79 Å². The number of hydrogen-bond acceptors (Lipinski definition) is 4. The zero-order valence-electron chi connectivity index (χ0n) is 14.3. The van der Waals surface area contributed by atoms with Crippen LogP contribution in [0.25, 0.3) is 11.6 Å². The Morgan fingerprint density at radius 2 is 1.84 bits per heavy atom. The summed E-state index contributed by atoms with van der Waals surface area (Å²) in [6, 6.07) is 16.6. The molecule has 25 heavy (non-hydrogen) atoms. The van der Waals surface area contributed by atoms with Crippen LogP contribution in [0.2, 0.25) is 0 Å². The Morgan fingerprint density at radius 3 is 2.36 bits per heavy atom. The molecule has 0 aliphatic heterocycles. The Labute approximate surface area is 147 Å². The molecule has 0 aromatic heterocycles. The second-order valence-corrected chi connectivity index (χ2v) is 5.51. The molecule has 0 saturated heterocycles. The van der Waals surface area contributed by atoms with Crippen molar-refractivity contribution in [1.29, 1.82) is 5.26 Å². The van der Waals surface area contributed by atoms with Gasteiger partial charge in [0.05, 0.1) is 25.2 Å². The van der Waals surface area contributed by atoms with Crippen LogP contribution in [0.5, 0.6) is 5.75 Å². The van der Waals surface area contributed by atoms with Crippen molar-refractivity contribution < 1.29 is 14.6 Å². The van der Waals surface area contributed by atoms with Crippen molar-refractivity contribution in [3.05, 3.63) is 59.7 Å². The number of aliphatic carboxylic acids is 1. The van der Waals surface area contributed by atoms with Gasteiger partial charge in [-0.2, -0.15) is 5.26 Å². The predicted molar refractivity (Wildman–Crippen MR) is 98.4 cm³/mol. The van der Waals surface area contributed by atoms with Crippen LogP contribution < -0.4 is 9.64 Å². The molecule has 0 spiro atoms. The number of nitriles is 1. The SMILES string of the molecule is COc1ccc(C(=Cc2ccc(N(C)CCC#N)cc2)C(=O)O)cc1. The number of hydrogen-bond donors (Lipinski definition) is 1. The van der Waals surface area contributed by atoms with Gasteiger partial charge in [-0.15, -0.1) is 0 Å². The second-order valence-electron chi connectivity index (χ2n) is 5.51. The molecule has 1 N–H and O–H groups in total. The third kappa shape index (κ3) is 4.85. The smallest absolute Gasteiger partial charge is 0.336 e. The lowest BCUT2D eigenvalue weighted by Gasteiger charge is -2.17. The number of benzene rings is 2. The van der Waals surface area contributed by atoms with Gasteiger partial charge in [0.25, 0.3) is 0 Å². The molecule has 128 valence electrons. The molecule has 0 fully saturated rings. The van der Waals surface area contributed by atoms with Crippen LogP contribution in [0.1, 0.15) is 17.5 Å². The van der Waals surface area contributed by atoms with Crippen LogP contribution in [0.3, 0.4) is 0 Å². The highest BCUT2D eigenvalue weighted by Crippen LogP contribution is 2.23. The third-order valence-corrected chi connectivity index (χ3v) is 3.84. The van der Waals surface area contributed by atoms with Gasteiger partial charge in [0.15, 0.2) is 0 Å². The van der Waals surface area contributed by atoms with E-state index in [2.05, 4.69) is 6.07 Å². The summed E-state index contributed by atoms with van der Waals surface area (Å²) in [5.74, 6) is -0.307. The average Bonchev–Trinajstić information content (AvgIpc) is 2.64. The number of methoxy groups -OCH3 is 1. The lowest BCUT2D eigenvalue weighted by Crippen LogP contribution is -2.17. The number of nitrogens with zero attached hydrogens (tertiary/aromatic N) is 2. The molecule has 0 aliphatic carbocycles. The fourth-order valence-corrected chi connectivity index (χ4v) is 2.38. The fourth-order valence-electron chi connectivity index (χ4n) is 2.38. The van der Waals surface area contributed by atoms with Crippen molar-refractivity contribution in [2.45, 2.75) is 6.42 Å². The zero-order valence-corrected chi connectivity index (χ0v) is 14.3. The van der Waals surface area contributed by atoms with Crippen LogP contribution in [0.15, 0.2) is 48.5 Å². The molecule has 5 nitrogen and oxygen atoms in total. The summed E-state index contributed by atoms with van der Waals surface area (Å²) in [4.78, 5) is 13.6. The Bertz CT molecular complexity index is 787. The predicted octanol–water partition coefficient (Wildman–Crippen LogP) is 3.67.